The highest BCUT2D eigenvalue weighted by Gasteiger charge is 2.42. The summed E-state index contributed by atoms with van der Waals surface area (Å²) in [5, 5.41) is 13.7. The van der Waals surface area contributed by atoms with Gasteiger partial charge in [0.2, 0.25) is 0 Å². The van der Waals surface area contributed by atoms with E-state index < -0.39 is 5.54 Å². The highest BCUT2D eigenvalue weighted by Crippen LogP contribution is 2.43. The first-order valence-corrected chi connectivity index (χ1v) is 16.5. The minimum atomic E-state index is -0.860. The highest BCUT2D eigenvalue weighted by atomic mass is 16.1. The zero-order valence-electron chi connectivity index (χ0n) is 27.4. The number of hydrogen-bond donors (Lipinski definition) is 0. The van der Waals surface area contributed by atoms with Crippen LogP contribution in [0.5, 0.6) is 0 Å². The van der Waals surface area contributed by atoms with E-state index in [9.17, 15) is 4.79 Å². The van der Waals surface area contributed by atoms with Gasteiger partial charge in [-0.2, -0.15) is 0 Å². The van der Waals surface area contributed by atoms with E-state index in [4.69, 9.17) is 10.3 Å². The second kappa shape index (κ2) is 13.9. The molecule has 2 aromatic heterocycles. The van der Waals surface area contributed by atoms with Crippen molar-refractivity contribution in [2.24, 2.45) is 0 Å². The van der Waals surface area contributed by atoms with Gasteiger partial charge in [-0.15, -0.1) is 5.10 Å². The minimum Gasteiger partial charge on any atom is -0.321 e. The number of rotatable bonds is 12. The van der Waals surface area contributed by atoms with Gasteiger partial charge in [-0.1, -0.05) is 153 Å². The molecule has 0 unspecified atom stereocenters. The van der Waals surface area contributed by atoms with Gasteiger partial charge < -0.3 is 4.57 Å². The molecule has 7 rings (SSSR count). The SMILES string of the molecule is C=Cc1nc(CCC)n(Cc2ccc(-c3ccccc3-c3nnnn3C(c3ccccc3)(c3ccccc3)c3ccccc3)cc2)c1C=O. The van der Waals surface area contributed by atoms with Crippen molar-refractivity contribution < 1.29 is 4.79 Å². The Bertz CT molecular complexity index is 2090. The van der Waals surface area contributed by atoms with Gasteiger partial charge >= 0.3 is 0 Å². The Hall–Kier alpha value is -6.21. The number of hydrogen-bond acceptors (Lipinski definition) is 5. The van der Waals surface area contributed by atoms with E-state index in [-0.39, 0.29) is 0 Å². The standard InChI is InChI=1S/C42H36N6O/c1-3-16-40-43-38(4-2)39(30-49)47(40)29-31-25-27-32(28-26-31)36-23-14-15-24-37(36)41-44-45-46-48(41)42(33-17-8-5-9-18-33,34-19-10-6-11-20-34)35-21-12-7-13-22-35/h4-15,17-28,30H,2-3,16,29H2,1H3. The number of nitrogens with zero attached hydrogens (tertiary/aromatic N) is 6. The third kappa shape index (κ3) is 5.69. The molecule has 0 fully saturated rings. The average Bonchev–Trinajstić information content (AvgIpc) is 3.79. The number of aromatic nitrogens is 6. The summed E-state index contributed by atoms with van der Waals surface area (Å²) >= 11 is 0. The summed E-state index contributed by atoms with van der Waals surface area (Å²) in [7, 11) is 0. The van der Waals surface area contributed by atoms with Crippen molar-refractivity contribution in [1.82, 2.24) is 29.8 Å². The van der Waals surface area contributed by atoms with Gasteiger partial charge in [0.1, 0.15) is 17.1 Å². The van der Waals surface area contributed by atoms with Gasteiger partial charge in [0.15, 0.2) is 12.1 Å². The van der Waals surface area contributed by atoms with E-state index in [1.807, 2.05) is 39.6 Å². The molecule has 7 aromatic rings. The number of aryl methyl sites for hydroxylation is 1. The third-order valence-electron chi connectivity index (χ3n) is 9.03. The van der Waals surface area contributed by atoms with Crippen molar-refractivity contribution in [2.45, 2.75) is 31.8 Å². The first-order valence-electron chi connectivity index (χ1n) is 16.5. The van der Waals surface area contributed by atoms with Crippen LogP contribution in [0.25, 0.3) is 28.6 Å². The Morgan fingerprint density at radius 2 is 1.27 bits per heavy atom. The summed E-state index contributed by atoms with van der Waals surface area (Å²) in [4.78, 5) is 16.7. The maximum atomic E-state index is 12.0. The Balaban J connectivity index is 1.35. The molecule has 0 aliphatic carbocycles. The molecule has 0 N–H and O–H groups in total. The fourth-order valence-electron chi connectivity index (χ4n) is 6.79. The van der Waals surface area contributed by atoms with E-state index >= 15 is 0 Å². The number of tetrazole rings is 1. The zero-order valence-corrected chi connectivity index (χ0v) is 27.4. The molecule has 0 radical (unpaired) electrons. The van der Waals surface area contributed by atoms with Gasteiger partial charge in [-0.3, -0.25) is 4.79 Å². The summed E-state index contributed by atoms with van der Waals surface area (Å²) in [5.74, 6) is 1.53. The summed E-state index contributed by atoms with van der Waals surface area (Å²) in [6.45, 7) is 6.51. The summed E-state index contributed by atoms with van der Waals surface area (Å²) in [6, 6.07) is 47.9. The van der Waals surface area contributed by atoms with Crippen LogP contribution in [0.4, 0.5) is 0 Å². The molecule has 49 heavy (non-hydrogen) atoms. The molecular weight excluding hydrogens is 605 g/mol. The Morgan fingerprint density at radius 1 is 0.714 bits per heavy atom. The van der Waals surface area contributed by atoms with Gasteiger partial charge in [0.25, 0.3) is 0 Å². The maximum absolute atomic E-state index is 12.0. The Morgan fingerprint density at radius 3 is 1.80 bits per heavy atom. The predicted molar refractivity (Wildman–Crippen MR) is 194 cm³/mol. The molecule has 5 aromatic carbocycles. The lowest BCUT2D eigenvalue weighted by molar-refractivity contribution is 0.111. The minimum absolute atomic E-state index is 0.540. The lowest BCUT2D eigenvalue weighted by Gasteiger charge is -2.36. The molecule has 0 atom stereocenters. The highest BCUT2D eigenvalue weighted by molar-refractivity contribution is 5.81. The number of benzene rings is 5. The predicted octanol–water partition coefficient (Wildman–Crippen LogP) is 8.50. The van der Waals surface area contributed by atoms with E-state index in [0.717, 1.165) is 63.9 Å². The Labute approximate surface area is 286 Å². The second-order valence-electron chi connectivity index (χ2n) is 11.9. The molecule has 0 bridgehead atoms. The molecule has 0 aliphatic heterocycles. The topological polar surface area (TPSA) is 78.5 Å². The molecule has 0 saturated carbocycles. The van der Waals surface area contributed by atoms with Crippen LogP contribution < -0.4 is 0 Å². The summed E-state index contributed by atoms with van der Waals surface area (Å²) < 4.78 is 3.97. The smallest absolute Gasteiger partial charge is 0.184 e. The molecule has 240 valence electrons. The first-order chi connectivity index (χ1) is 24.2. The zero-order chi connectivity index (χ0) is 33.6. The van der Waals surface area contributed by atoms with Crippen LogP contribution in [0, 0.1) is 0 Å². The van der Waals surface area contributed by atoms with Gasteiger partial charge in [-0.25, -0.2) is 9.67 Å². The number of carbonyl (C=O) groups excluding carboxylic acids is 1. The molecule has 0 saturated heterocycles. The van der Waals surface area contributed by atoms with Crippen LogP contribution in [0.1, 0.15) is 57.6 Å². The lowest BCUT2D eigenvalue weighted by atomic mass is 9.77. The second-order valence-corrected chi connectivity index (χ2v) is 11.9. The van der Waals surface area contributed by atoms with Crippen molar-refractivity contribution in [2.75, 3.05) is 0 Å². The molecule has 2 heterocycles. The molecule has 7 nitrogen and oxygen atoms in total. The van der Waals surface area contributed by atoms with E-state index in [2.05, 4.69) is 133 Å². The van der Waals surface area contributed by atoms with E-state index in [0.29, 0.717) is 23.8 Å². The van der Waals surface area contributed by atoms with Crippen LogP contribution in [0.2, 0.25) is 0 Å². The molecule has 0 aliphatic rings. The third-order valence-corrected chi connectivity index (χ3v) is 9.03. The summed E-state index contributed by atoms with van der Waals surface area (Å²) in [5.41, 5.74) is 7.45. The van der Waals surface area contributed by atoms with Crippen LogP contribution in [-0.2, 0) is 18.5 Å². The van der Waals surface area contributed by atoms with Crippen LogP contribution >= 0.6 is 0 Å². The lowest BCUT2D eigenvalue weighted by Crippen LogP contribution is -2.39. The van der Waals surface area contributed by atoms with Gasteiger partial charge in [-0.05, 0) is 56.3 Å². The van der Waals surface area contributed by atoms with E-state index in [1.54, 1.807) is 6.08 Å². The fraction of sp³-hybridized carbons (Fsp3) is 0.119. The van der Waals surface area contributed by atoms with Crippen molar-refractivity contribution in [1.29, 1.82) is 0 Å². The van der Waals surface area contributed by atoms with Crippen LogP contribution in [-0.4, -0.2) is 36.0 Å². The van der Waals surface area contributed by atoms with Crippen LogP contribution in [0.3, 0.4) is 0 Å². The molecule has 0 spiro atoms. The molecular formula is C42H36N6O. The molecule has 0 amide bonds. The number of carbonyl (C=O) groups is 1. The maximum Gasteiger partial charge on any atom is 0.184 e. The number of imidazole rings is 1. The fourth-order valence-corrected chi connectivity index (χ4v) is 6.79. The number of aldehydes is 1. The molecule has 7 heteroatoms. The largest absolute Gasteiger partial charge is 0.321 e. The first kappa shape index (κ1) is 31.4. The average molecular weight is 641 g/mol. The van der Waals surface area contributed by atoms with E-state index in [1.165, 1.54) is 0 Å². The Kier molecular flexibility index (Phi) is 8.89. The monoisotopic (exact) mass is 640 g/mol. The summed E-state index contributed by atoms with van der Waals surface area (Å²) in [6.07, 6.45) is 4.24. The van der Waals surface area contributed by atoms with Gasteiger partial charge in [0.05, 0.1) is 5.69 Å². The van der Waals surface area contributed by atoms with Crippen molar-refractivity contribution in [3.05, 3.63) is 186 Å². The van der Waals surface area contributed by atoms with Crippen molar-refractivity contribution >= 4 is 12.4 Å². The quantitative estimate of drug-likeness (QED) is 0.0989. The normalized spacial score (nSPS) is 11.4. The van der Waals surface area contributed by atoms with Crippen LogP contribution in [0.15, 0.2) is 146 Å². The van der Waals surface area contributed by atoms with Crippen molar-refractivity contribution in [3.63, 3.8) is 0 Å². The van der Waals surface area contributed by atoms with Crippen molar-refractivity contribution in [3.8, 4) is 22.5 Å². The van der Waals surface area contributed by atoms with Gasteiger partial charge in [0, 0.05) is 18.5 Å².